The van der Waals surface area contributed by atoms with Crippen LogP contribution in [0.3, 0.4) is 0 Å². The van der Waals surface area contributed by atoms with Crippen molar-refractivity contribution < 1.29 is 0 Å². The van der Waals surface area contributed by atoms with Crippen molar-refractivity contribution in [1.29, 1.82) is 0 Å². The van der Waals surface area contributed by atoms with E-state index in [2.05, 4.69) is 40.2 Å². The molecule has 0 atom stereocenters. The molecule has 1 aliphatic rings. The van der Waals surface area contributed by atoms with Crippen LogP contribution in [0.25, 0.3) is 10.8 Å². The third-order valence-electron chi connectivity index (χ3n) is 4.02. The molecule has 2 heterocycles. The van der Waals surface area contributed by atoms with Crippen molar-refractivity contribution in [3.05, 3.63) is 66.0 Å². The largest absolute Gasteiger partial charge is 0.398 e. The lowest BCUT2D eigenvalue weighted by molar-refractivity contribution is 0.886. The molecule has 98 valence electrons. The van der Waals surface area contributed by atoms with Crippen LogP contribution in [0, 0.1) is 0 Å². The number of hydrogen-bond acceptors (Lipinski definition) is 3. The predicted molar refractivity (Wildman–Crippen MR) is 82.5 cm³/mol. The lowest BCUT2D eigenvalue weighted by atomic mass is 10.1. The summed E-state index contributed by atoms with van der Waals surface area (Å²) in [5.41, 5.74) is 10.8. The Kier molecular flexibility index (Phi) is 2.39. The number of nitrogens with zero attached hydrogens (tertiary/aromatic N) is 2. The van der Waals surface area contributed by atoms with E-state index < -0.39 is 0 Å². The van der Waals surface area contributed by atoms with Gasteiger partial charge >= 0.3 is 0 Å². The summed E-state index contributed by atoms with van der Waals surface area (Å²) in [6.45, 7) is 1.78. The monoisotopic (exact) mass is 261 g/mol. The number of nitrogens with two attached hydrogens (primary N) is 1. The molecule has 1 aliphatic heterocycles. The van der Waals surface area contributed by atoms with Gasteiger partial charge in [0.1, 0.15) is 0 Å². The quantitative estimate of drug-likeness (QED) is 0.683. The van der Waals surface area contributed by atoms with Gasteiger partial charge < -0.3 is 10.6 Å². The summed E-state index contributed by atoms with van der Waals surface area (Å²) in [6, 6.07) is 14.6. The van der Waals surface area contributed by atoms with E-state index in [4.69, 9.17) is 5.73 Å². The van der Waals surface area contributed by atoms with Crippen LogP contribution in [0.4, 0.5) is 11.4 Å². The third kappa shape index (κ3) is 1.63. The average Bonchev–Trinajstić information content (AvgIpc) is 2.92. The van der Waals surface area contributed by atoms with Crippen LogP contribution >= 0.6 is 0 Å². The maximum absolute atomic E-state index is 6.09. The molecular formula is C17H15N3. The highest BCUT2D eigenvalue weighted by molar-refractivity contribution is 5.93. The summed E-state index contributed by atoms with van der Waals surface area (Å²) in [5.74, 6) is 0. The van der Waals surface area contributed by atoms with Crippen LogP contribution in [0.2, 0.25) is 0 Å². The van der Waals surface area contributed by atoms with E-state index in [1.807, 2.05) is 24.5 Å². The molecule has 20 heavy (non-hydrogen) atoms. The van der Waals surface area contributed by atoms with Gasteiger partial charge in [-0.25, -0.2) is 0 Å². The zero-order chi connectivity index (χ0) is 13.5. The second-order valence-electron chi connectivity index (χ2n) is 5.21. The topological polar surface area (TPSA) is 42.1 Å². The first-order valence-corrected chi connectivity index (χ1v) is 6.77. The fourth-order valence-electron chi connectivity index (χ4n) is 2.99. The molecule has 0 aliphatic carbocycles. The van der Waals surface area contributed by atoms with Crippen molar-refractivity contribution in [1.82, 2.24) is 4.98 Å². The van der Waals surface area contributed by atoms with Crippen molar-refractivity contribution in [3.63, 3.8) is 0 Å². The summed E-state index contributed by atoms with van der Waals surface area (Å²) in [7, 11) is 0. The van der Waals surface area contributed by atoms with Gasteiger partial charge in [-0.15, -0.1) is 0 Å². The molecule has 3 heteroatoms. The lowest BCUT2D eigenvalue weighted by Crippen LogP contribution is -2.15. The minimum absolute atomic E-state index is 0.871. The Morgan fingerprint density at radius 3 is 2.80 bits per heavy atom. The molecule has 0 spiro atoms. The highest BCUT2D eigenvalue weighted by Crippen LogP contribution is 2.34. The second-order valence-corrected chi connectivity index (χ2v) is 5.21. The van der Waals surface area contributed by atoms with Crippen LogP contribution in [0.5, 0.6) is 0 Å². The fourth-order valence-corrected chi connectivity index (χ4v) is 2.99. The molecule has 0 saturated heterocycles. The highest BCUT2D eigenvalue weighted by Gasteiger charge is 2.22. The maximum atomic E-state index is 6.09. The van der Waals surface area contributed by atoms with Gasteiger partial charge in [0.2, 0.25) is 0 Å². The molecule has 0 radical (unpaired) electrons. The molecule has 0 unspecified atom stereocenters. The summed E-state index contributed by atoms with van der Waals surface area (Å²) in [5, 5.41) is 2.42. The molecule has 4 rings (SSSR count). The number of anilines is 2. The van der Waals surface area contributed by atoms with Gasteiger partial charge in [0.25, 0.3) is 0 Å². The Morgan fingerprint density at radius 1 is 1.00 bits per heavy atom. The van der Waals surface area contributed by atoms with Crippen molar-refractivity contribution in [2.45, 2.75) is 13.1 Å². The Bertz CT molecular complexity index is 790. The SMILES string of the molecule is Nc1cccc2c1CN(c1cccc3ccncc13)C2. The molecule has 3 aromatic rings. The van der Waals surface area contributed by atoms with Gasteiger partial charge in [0, 0.05) is 42.2 Å². The van der Waals surface area contributed by atoms with E-state index >= 15 is 0 Å². The van der Waals surface area contributed by atoms with Crippen molar-refractivity contribution >= 4 is 22.1 Å². The molecule has 0 bridgehead atoms. The predicted octanol–water partition coefficient (Wildman–Crippen LogP) is 3.34. The van der Waals surface area contributed by atoms with Crippen LogP contribution in [-0.4, -0.2) is 4.98 Å². The molecule has 2 N–H and O–H groups in total. The van der Waals surface area contributed by atoms with Gasteiger partial charge in [-0.05, 0) is 34.7 Å². The highest BCUT2D eigenvalue weighted by atomic mass is 15.1. The number of hydrogen-bond donors (Lipinski definition) is 1. The van der Waals surface area contributed by atoms with Crippen LogP contribution in [0.1, 0.15) is 11.1 Å². The zero-order valence-electron chi connectivity index (χ0n) is 11.1. The van der Waals surface area contributed by atoms with E-state index in [1.54, 1.807) is 0 Å². The molecule has 2 aromatic carbocycles. The summed E-state index contributed by atoms with van der Waals surface area (Å²) >= 11 is 0. The molecule has 3 nitrogen and oxygen atoms in total. The van der Waals surface area contributed by atoms with E-state index in [9.17, 15) is 0 Å². The Labute approximate surface area is 117 Å². The van der Waals surface area contributed by atoms with Crippen LogP contribution < -0.4 is 10.6 Å². The molecular weight excluding hydrogens is 246 g/mol. The van der Waals surface area contributed by atoms with Crippen molar-refractivity contribution in [2.24, 2.45) is 0 Å². The van der Waals surface area contributed by atoms with E-state index in [-0.39, 0.29) is 0 Å². The minimum atomic E-state index is 0.871. The Balaban J connectivity index is 1.81. The van der Waals surface area contributed by atoms with Gasteiger partial charge in [-0.1, -0.05) is 24.3 Å². The van der Waals surface area contributed by atoms with E-state index in [0.29, 0.717) is 0 Å². The minimum Gasteiger partial charge on any atom is -0.398 e. The number of benzene rings is 2. The fraction of sp³-hybridized carbons (Fsp3) is 0.118. The number of aromatic nitrogens is 1. The number of nitrogen functional groups attached to an aromatic ring is 1. The first-order chi connectivity index (χ1) is 9.83. The summed E-state index contributed by atoms with van der Waals surface area (Å²) in [6.07, 6.45) is 3.78. The Morgan fingerprint density at radius 2 is 1.90 bits per heavy atom. The molecule has 0 saturated carbocycles. The van der Waals surface area contributed by atoms with E-state index in [0.717, 1.165) is 18.8 Å². The molecule has 0 fully saturated rings. The number of pyridine rings is 1. The van der Waals surface area contributed by atoms with E-state index in [1.165, 1.54) is 27.6 Å². The summed E-state index contributed by atoms with van der Waals surface area (Å²) < 4.78 is 0. The number of fused-ring (bicyclic) bond motifs is 2. The van der Waals surface area contributed by atoms with Gasteiger partial charge in [-0.2, -0.15) is 0 Å². The van der Waals surface area contributed by atoms with Gasteiger partial charge in [0.15, 0.2) is 0 Å². The first kappa shape index (κ1) is 11.3. The smallest absolute Gasteiger partial charge is 0.0467 e. The van der Waals surface area contributed by atoms with Gasteiger partial charge in [-0.3, -0.25) is 4.98 Å². The third-order valence-corrected chi connectivity index (χ3v) is 4.02. The normalized spacial score (nSPS) is 13.7. The molecule has 1 aromatic heterocycles. The second kappa shape index (κ2) is 4.23. The first-order valence-electron chi connectivity index (χ1n) is 6.77. The van der Waals surface area contributed by atoms with Crippen LogP contribution in [-0.2, 0) is 13.1 Å². The standard InChI is InChI=1S/C17H15N3/c18-16-5-1-4-13-10-20(11-15(13)16)17-6-2-3-12-7-8-19-9-14(12)17/h1-9H,10-11,18H2. The zero-order valence-corrected chi connectivity index (χ0v) is 11.1. The lowest BCUT2D eigenvalue weighted by Gasteiger charge is -2.19. The number of rotatable bonds is 1. The van der Waals surface area contributed by atoms with Crippen molar-refractivity contribution in [3.8, 4) is 0 Å². The summed E-state index contributed by atoms with van der Waals surface area (Å²) in [4.78, 5) is 6.63. The maximum Gasteiger partial charge on any atom is 0.0467 e. The average molecular weight is 261 g/mol. The van der Waals surface area contributed by atoms with Crippen LogP contribution in [0.15, 0.2) is 54.9 Å². The van der Waals surface area contributed by atoms with Gasteiger partial charge in [0.05, 0.1) is 0 Å². The molecule has 0 amide bonds. The van der Waals surface area contributed by atoms with Crippen molar-refractivity contribution in [2.75, 3.05) is 10.6 Å². The Hall–Kier alpha value is -2.55.